The van der Waals surface area contributed by atoms with Crippen LogP contribution in [0.2, 0.25) is 0 Å². The molecule has 1 fully saturated rings. The molecule has 2 aliphatic rings. The first-order valence-corrected chi connectivity index (χ1v) is 11.0. The molecule has 2 aromatic rings. The number of Topliss-reactive ketones (excluding diaryl/α,β-unsaturated/α-hetero) is 1. The minimum absolute atomic E-state index is 0.150. The molecule has 4 rings (SSSR count). The molecular weight excluding hydrogens is 378 g/mol. The van der Waals surface area contributed by atoms with Crippen LogP contribution in [0, 0.1) is 0 Å². The Morgan fingerprint density at radius 2 is 1.87 bits per heavy atom. The monoisotopic (exact) mass is 409 g/mol. The van der Waals surface area contributed by atoms with Crippen LogP contribution in [-0.2, 0) is 0 Å². The highest BCUT2D eigenvalue weighted by molar-refractivity contribution is 6.00. The van der Waals surface area contributed by atoms with E-state index < -0.39 is 6.10 Å². The van der Waals surface area contributed by atoms with Crippen LogP contribution in [0.15, 0.2) is 42.5 Å². The van der Waals surface area contributed by atoms with Crippen LogP contribution >= 0.6 is 0 Å². The molecule has 1 heterocycles. The summed E-state index contributed by atoms with van der Waals surface area (Å²) in [5.41, 5.74) is 2.57. The summed E-state index contributed by atoms with van der Waals surface area (Å²) in [5, 5.41) is 13.5. The molecule has 0 radical (unpaired) electrons. The van der Waals surface area contributed by atoms with E-state index in [-0.39, 0.29) is 18.0 Å². The number of aliphatic hydroxyl groups is 1. The predicted molar refractivity (Wildman–Crippen MR) is 118 cm³/mol. The van der Waals surface area contributed by atoms with Gasteiger partial charge in [-0.25, -0.2) is 0 Å². The highest BCUT2D eigenvalue weighted by Crippen LogP contribution is 2.43. The Labute approximate surface area is 178 Å². The van der Waals surface area contributed by atoms with E-state index in [1.54, 1.807) is 18.2 Å². The average Bonchev–Trinajstić information content (AvgIpc) is 3.17. The molecule has 1 atom stereocenters. The van der Waals surface area contributed by atoms with Gasteiger partial charge in [0, 0.05) is 18.3 Å². The topological polar surface area (TPSA) is 67.8 Å². The molecule has 2 N–H and O–H groups in total. The molecule has 1 saturated carbocycles. The van der Waals surface area contributed by atoms with Gasteiger partial charge in [0.25, 0.3) is 0 Å². The van der Waals surface area contributed by atoms with Crippen molar-refractivity contribution in [3.8, 4) is 11.5 Å². The van der Waals surface area contributed by atoms with Crippen LogP contribution in [0.5, 0.6) is 11.5 Å². The number of anilines is 1. The Bertz CT molecular complexity index is 885. The lowest BCUT2D eigenvalue weighted by molar-refractivity contribution is 0.0446. The molecule has 30 heavy (non-hydrogen) atoms. The Morgan fingerprint density at radius 1 is 1.13 bits per heavy atom. The first-order valence-electron chi connectivity index (χ1n) is 11.0. The van der Waals surface area contributed by atoms with Crippen molar-refractivity contribution < 1.29 is 19.4 Å². The molecule has 1 spiro atoms. The number of hydrogen-bond acceptors (Lipinski definition) is 5. The first kappa shape index (κ1) is 20.7. The van der Waals surface area contributed by atoms with Crippen LogP contribution in [0.3, 0.4) is 0 Å². The van der Waals surface area contributed by atoms with Gasteiger partial charge in [0.1, 0.15) is 29.8 Å². The summed E-state index contributed by atoms with van der Waals surface area (Å²) < 4.78 is 12.0. The second-order valence-corrected chi connectivity index (χ2v) is 8.87. The molecule has 5 heteroatoms. The molecule has 1 aliphatic carbocycles. The van der Waals surface area contributed by atoms with E-state index in [2.05, 4.69) is 31.3 Å². The van der Waals surface area contributed by atoms with Crippen LogP contribution < -0.4 is 14.8 Å². The van der Waals surface area contributed by atoms with Gasteiger partial charge in [0.15, 0.2) is 5.78 Å². The van der Waals surface area contributed by atoms with Crippen molar-refractivity contribution in [2.75, 3.05) is 18.5 Å². The third kappa shape index (κ3) is 4.62. The number of rotatable bonds is 7. The fraction of sp³-hybridized carbons (Fsp3) is 0.480. The van der Waals surface area contributed by atoms with Gasteiger partial charge in [-0.15, -0.1) is 0 Å². The van der Waals surface area contributed by atoms with Gasteiger partial charge >= 0.3 is 0 Å². The molecule has 5 nitrogen and oxygen atoms in total. The van der Waals surface area contributed by atoms with E-state index in [1.807, 2.05) is 12.1 Å². The van der Waals surface area contributed by atoms with Crippen LogP contribution in [0.4, 0.5) is 5.69 Å². The Hall–Kier alpha value is -2.53. The summed E-state index contributed by atoms with van der Waals surface area (Å²) in [4.78, 5) is 12.5. The lowest BCUT2D eigenvalue weighted by Crippen LogP contribution is -2.39. The number of aliphatic hydroxyl groups excluding tert-OH is 1. The maximum atomic E-state index is 12.5. The lowest BCUT2D eigenvalue weighted by atomic mass is 9.88. The predicted octanol–water partition coefficient (Wildman–Crippen LogP) is 4.94. The quantitative estimate of drug-likeness (QED) is 0.678. The molecule has 2 aromatic carbocycles. The number of fused-ring (bicyclic) bond motifs is 1. The zero-order chi connectivity index (χ0) is 21.1. The van der Waals surface area contributed by atoms with Gasteiger partial charge in [0.2, 0.25) is 0 Å². The minimum Gasteiger partial charge on any atom is -0.491 e. The highest BCUT2D eigenvalue weighted by Gasteiger charge is 2.42. The third-order valence-electron chi connectivity index (χ3n) is 6.14. The van der Waals surface area contributed by atoms with Crippen molar-refractivity contribution in [1.82, 2.24) is 0 Å². The Balaban J connectivity index is 1.31. The second-order valence-electron chi connectivity index (χ2n) is 8.87. The highest BCUT2D eigenvalue weighted by atomic mass is 16.5. The SMILES string of the molecule is CC(C)c1ccc(NCC(O)COc2ccc3c(c2)OC2(CCCC2)CC3=O)cc1. The fourth-order valence-electron chi connectivity index (χ4n) is 4.34. The summed E-state index contributed by atoms with van der Waals surface area (Å²) >= 11 is 0. The number of hydrogen-bond donors (Lipinski definition) is 2. The Kier molecular flexibility index (Phi) is 6.00. The van der Waals surface area contributed by atoms with E-state index in [4.69, 9.17) is 9.47 Å². The van der Waals surface area contributed by atoms with Crippen LogP contribution in [0.25, 0.3) is 0 Å². The van der Waals surface area contributed by atoms with Gasteiger partial charge in [0.05, 0.1) is 12.0 Å². The number of carbonyl (C=O) groups excluding carboxylic acids is 1. The largest absolute Gasteiger partial charge is 0.491 e. The number of carbonyl (C=O) groups is 1. The molecule has 1 unspecified atom stereocenters. The lowest BCUT2D eigenvalue weighted by Gasteiger charge is -2.34. The van der Waals surface area contributed by atoms with Gasteiger partial charge in [-0.2, -0.15) is 0 Å². The van der Waals surface area contributed by atoms with E-state index in [9.17, 15) is 9.90 Å². The van der Waals surface area contributed by atoms with Crippen molar-refractivity contribution in [3.63, 3.8) is 0 Å². The molecule has 0 saturated heterocycles. The fourth-order valence-corrected chi connectivity index (χ4v) is 4.34. The van der Waals surface area contributed by atoms with Gasteiger partial charge in [-0.1, -0.05) is 26.0 Å². The molecular formula is C25H31NO4. The standard InChI is InChI=1S/C25H31NO4/c1-17(2)18-5-7-19(8-6-18)26-15-20(27)16-29-21-9-10-22-23(28)14-25(11-3-4-12-25)30-24(22)13-21/h5-10,13,17,20,26-27H,3-4,11-12,14-16H2,1-2H3. The maximum Gasteiger partial charge on any atom is 0.170 e. The summed E-state index contributed by atoms with van der Waals surface area (Å²) in [6.45, 7) is 4.89. The van der Waals surface area contributed by atoms with Crippen molar-refractivity contribution in [2.24, 2.45) is 0 Å². The number of ketones is 1. The van der Waals surface area contributed by atoms with Crippen molar-refractivity contribution in [3.05, 3.63) is 53.6 Å². The zero-order valence-electron chi connectivity index (χ0n) is 17.8. The van der Waals surface area contributed by atoms with E-state index >= 15 is 0 Å². The van der Waals surface area contributed by atoms with Gasteiger partial charge < -0.3 is 19.9 Å². The summed E-state index contributed by atoms with van der Waals surface area (Å²) in [5.74, 6) is 1.87. The number of nitrogens with one attached hydrogen (secondary N) is 1. The minimum atomic E-state index is -0.658. The van der Waals surface area contributed by atoms with E-state index in [1.165, 1.54) is 5.56 Å². The molecule has 0 aromatic heterocycles. The molecule has 160 valence electrons. The third-order valence-corrected chi connectivity index (χ3v) is 6.14. The molecule has 1 aliphatic heterocycles. The average molecular weight is 410 g/mol. The van der Waals surface area contributed by atoms with E-state index in [0.717, 1.165) is 31.4 Å². The van der Waals surface area contributed by atoms with Crippen molar-refractivity contribution >= 4 is 11.5 Å². The summed E-state index contributed by atoms with van der Waals surface area (Å²) in [7, 11) is 0. The first-order chi connectivity index (χ1) is 14.4. The van der Waals surface area contributed by atoms with Crippen LogP contribution in [-0.4, -0.2) is 35.7 Å². The summed E-state index contributed by atoms with van der Waals surface area (Å²) in [6, 6.07) is 13.6. The maximum absolute atomic E-state index is 12.5. The zero-order valence-corrected chi connectivity index (χ0v) is 17.8. The van der Waals surface area contributed by atoms with Crippen molar-refractivity contribution in [1.29, 1.82) is 0 Å². The Morgan fingerprint density at radius 3 is 2.57 bits per heavy atom. The van der Waals surface area contributed by atoms with E-state index in [0.29, 0.717) is 35.9 Å². The molecule has 0 bridgehead atoms. The number of benzene rings is 2. The summed E-state index contributed by atoms with van der Waals surface area (Å²) in [6.07, 6.45) is 3.91. The molecule has 0 amide bonds. The smallest absolute Gasteiger partial charge is 0.170 e. The van der Waals surface area contributed by atoms with Gasteiger partial charge in [-0.3, -0.25) is 4.79 Å². The number of ether oxygens (including phenoxy) is 2. The van der Waals surface area contributed by atoms with Crippen molar-refractivity contribution in [2.45, 2.75) is 63.6 Å². The van der Waals surface area contributed by atoms with Gasteiger partial charge in [-0.05, 0) is 61.4 Å². The van der Waals surface area contributed by atoms with Crippen LogP contribution in [0.1, 0.15) is 67.8 Å². The second kappa shape index (κ2) is 8.68. The normalized spacial score (nSPS) is 18.2.